The van der Waals surface area contributed by atoms with Gasteiger partial charge in [0, 0.05) is 6.04 Å². The molecule has 0 unspecified atom stereocenters. The monoisotopic (exact) mass is 312 g/mol. The summed E-state index contributed by atoms with van der Waals surface area (Å²) in [5.74, 6) is 0. The van der Waals surface area contributed by atoms with Gasteiger partial charge in [-0.1, -0.05) is 24.3 Å². The molecule has 0 N–H and O–H groups in total. The van der Waals surface area contributed by atoms with Gasteiger partial charge in [-0.15, -0.1) is 0 Å². The fourth-order valence-electron chi connectivity index (χ4n) is 2.86. The number of anilines is 1. The van der Waals surface area contributed by atoms with Crippen LogP contribution in [0.2, 0.25) is 0 Å². The average Bonchev–Trinajstić information content (AvgIpc) is 2.54. The molecule has 2 aromatic carbocycles. The zero-order valence-corrected chi connectivity index (χ0v) is 13.0. The van der Waals surface area contributed by atoms with Gasteiger partial charge in [0.2, 0.25) is 0 Å². The molecule has 1 heterocycles. The van der Waals surface area contributed by atoms with E-state index < -0.39 is 10.0 Å². The number of hydrogen-bond donors (Lipinski definition) is 0. The lowest BCUT2D eigenvalue weighted by molar-refractivity contribution is 0.563. The van der Waals surface area contributed by atoms with E-state index in [1.54, 1.807) is 18.2 Å². The molecule has 0 spiro atoms. The van der Waals surface area contributed by atoms with E-state index in [9.17, 15) is 8.42 Å². The molecule has 22 heavy (non-hydrogen) atoms. The molecular weight excluding hydrogens is 296 g/mol. The first-order chi connectivity index (χ1) is 10.5. The van der Waals surface area contributed by atoms with Gasteiger partial charge in [0.1, 0.15) is 0 Å². The van der Waals surface area contributed by atoms with Gasteiger partial charge < -0.3 is 0 Å². The summed E-state index contributed by atoms with van der Waals surface area (Å²) in [4.78, 5) is 0.162. The SMILES string of the molecule is C[C@@H]1CCc2ccccc2N1S(=O)(=O)c1cccc(C#N)c1. The van der Waals surface area contributed by atoms with Gasteiger partial charge in [-0.3, -0.25) is 4.31 Å². The van der Waals surface area contributed by atoms with Gasteiger partial charge in [-0.2, -0.15) is 5.26 Å². The first-order valence-corrected chi connectivity index (χ1v) is 8.60. The summed E-state index contributed by atoms with van der Waals surface area (Å²) >= 11 is 0. The van der Waals surface area contributed by atoms with E-state index in [1.807, 2.05) is 37.3 Å². The zero-order chi connectivity index (χ0) is 15.7. The Morgan fingerprint density at radius 2 is 1.95 bits per heavy atom. The summed E-state index contributed by atoms with van der Waals surface area (Å²) < 4.78 is 27.6. The van der Waals surface area contributed by atoms with E-state index in [-0.39, 0.29) is 10.9 Å². The zero-order valence-electron chi connectivity index (χ0n) is 12.2. The summed E-state index contributed by atoms with van der Waals surface area (Å²) in [5.41, 5.74) is 2.13. The molecule has 1 aliphatic rings. The van der Waals surface area contributed by atoms with Crippen LogP contribution in [0.5, 0.6) is 0 Å². The maximum absolute atomic E-state index is 13.0. The van der Waals surface area contributed by atoms with Gasteiger partial charge in [0.15, 0.2) is 0 Å². The van der Waals surface area contributed by atoms with Crippen molar-refractivity contribution in [2.24, 2.45) is 0 Å². The predicted octanol–water partition coefficient (Wildman–Crippen LogP) is 3.09. The fourth-order valence-corrected chi connectivity index (χ4v) is 4.63. The molecule has 5 heteroatoms. The second kappa shape index (κ2) is 5.47. The number of nitrogens with zero attached hydrogens (tertiary/aromatic N) is 2. The second-order valence-corrected chi connectivity index (χ2v) is 7.27. The van der Waals surface area contributed by atoms with Gasteiger partial charge in [-0.05, 0) is 49.6 Å². The minimum absolute atomic E-state index is 0.106. The number of fused-ring (bicyclic) bond motifs is 1. The lowest BCUT2D eigenvalue weighted by Gasteiger charge is -2.36. The van der Waals surface area contributed by atoms with Crippen molar-refractivity contribution >= 4 is 15.7 Å². The Morgan fingerprint density at radius 3 is 2.73 bits per heavy atom. The maximum Gasteiger partial charge on any atom is 0.264 e. The Morgan fingerprint density at radius 1 is 1.18 bits per heavy atom. The van der Waals surface area contributed by atoms with Crippen LogP contribution in [0.25, 0.3) is 0 Å². The van der Waals surface area contributed by atoms with Crippen LogP contribution >= 0.6 is 0 Å². The Hall–Kier alpha value is -2.32. The largest absolute Gasteiger partial charge is 0.264 e. The molecule has 0 amide bonds. The van der Waals surface area contributed by atoms with Crippen LogP contribution in [-0.4, -0.2) is 14.5 Å². The molecule has 1 atom stereocenters. The third kappa shape index (κ3) is 2.36. The van der Waals surface area contributed by atoms with E-state index in [0.29, 0.717) is 5.56 Å². The Balaban J connectivity index is 2.14. The third-order valence-electron chi connectivity index (χ3n) is 3.98. The van der Waals surface area contributed by atoms with Crippen LogP contribution in [0.15, 0.2) is 53.4 Å². The van der Waals surface area contributed by atoms with Crippen molar-refractivity contribution in [3.05, 3.63) is 59.7 Å². The number of rotatable bonds is 2. The number of para-hydroxylation sites is 1. The van der Waals surface area contributed by atoms with Crippen LogP contribution in [0, 0.1) is 11.3 Å². The summed E-state index contributed by atoms with van der Waals surface area (Å²) in [6.45, 7) is 1.92. The number of hydrogen-bond acceptors (Lipinski definition) is 3. The van der Waals surface area contributed by atoms with Crippen molar-refractivity contribution in [1.29, 1.82) is 5.26 Å². The average molecular weight is 312 g/mol. The Labute approximate surface area is 130 Å². The Bertz CT molecular complexity index is 853. The van der Waals surface area contributed by atoms with Gasteiger partial charge in [0.25, 0.3) is 10.0 Å². The van der Waals surface area contributed by atoms with E-state index in [4.69, 9.17) is 5.26 Å². The van der Waals surface area contributed by atoms with Crippen LogP contribution in [0.4, 0.5) is 5.69 Å². The highest BCUT2D eigenvalue weighted by Gasteiger charge is 2.33. The van der Waals surface area contributed by atoms with Gasteiger partial charge in [-0.25, -0.2) is 8.42 Å². The number of benzene rings is 2. The van der Waals surface area contributed by atoms with Gasteiger partial charge in [0.05, 0.1) is 22.2 Å². The number of sulfonamides is 1. The summed E-state index contributed by atoms with van der Waals surface area (Å²) in [5, 5.41) is 8.99. The molecule has 112 valence electrons. The molecule has 0 saturated carbocycles. The Kier molecular flexibility index (Phi) is 3.63. The van der Waals surface area contributed by atoms with Crippen LogP contribution in [0.3, 0.4) is 0 Å². The highest BCUT2D eigenvalue weighted by atomic mass is 32.2. The molecule has 2 aromatic rings. The molecule has 0 fully saturated rings. The first-order valence-electron chi connectivity index (χ1n) is 7.16. The van der Waals surface area contributed by atoms with E-state index >= 15 is 0 Å². The molecule has 1 aliphatic heterocycles. The molecule has 0 radical (unpaired) electrons. The topological polar surface area (TPSA) is 61.2 Å². The molecule has 0 aromatic heterocycles. The summed E-state index contributed by atoms with van der Waals surface area (Å²) in [7, 11) is -3.67. The summed E-state index contributed by atoms with van der Waals surface area (Å²) in [6, 6.07) is 15.7. The highest BCUT2D eigenvalue weighted by molar-refractivity contribution is 7.92. The van der Waals surface area contributed by atoms with Crippen molar-refractivity contribution in [3.8, 4) is 6.07 Å². The fraction of sp³-hybridized carbons (Fsp3) is 0.235. The van der Waals surface area contributed by atoms with E-state index in [0.717, 1.165) is 24.1 Å². The van der Waals surface area contributed by atoms with Crippen molar-refractivity contribution in [2.75, 3.05) is 4.31 Å². The van der Waals surface area contributed by atoms with Crippen molar-refractivity contribution in [3.63, 3.8) is 0 Å². The number of aryl methyl sites for hydroxylation is 1. The highest BCUT2D eigenvalue weighted by Crippen LogP contribution is 2.35. The molecule has 0 saturated heterocycles. The minimum Gasteiger partial charge on any atom is -0.263 e. The number of nitriles is 1. The standard InChI is InChI=1S/C17H16N2O2S/c1-13-9-10-15-6-2-3-8-17(15)19(13)22(20,21)16-7-4-5-14(11-16)12-18/h2-8,11,13H,9-10H2,1H3/t13-/m1/s1. The minimum atomic E-state index is -3.67. The molecule has 0 aliphatic carbocycles. The van der Waals surface area contributed by atoms with Crippen molar-refractivity contribution < 1.29 is 8.42 Å². The molecule has 3 rings (SSSR count). The quantitative estimate of drug-likeness (QED) is 0.856. The third-order valence-corrected chi connectivity index (χ3v) is 5.90. The maximum atomic E-state index is 13.0. The second-order valence-electron chi connectivity index (χ2n) is 5.46. The van der Waals surface area contributed by atoms with Crippen LogP contribution in [-0.2, 0) is 16.4 Å². The molecule has 4 nitrogen and oxygen atoms in total. The lowest BCUT2D eigenvalue weighted by Crippen LogP contribution is -2.42. The van der Waals surface area contributed by atoms with Crippen molar-refractivity contribution in [1.82, 2.24) is 0 Å². The lowest BCUT2D eigenvalue weighted by atomic mass is 9.99. The van der Waals surface area contributed by atoms with Crippen LogP contribution < -0.4 is 4.31 Å². The van der Waals surface area contributed by atoms with Gasteiger partial charge >= 0.3 is 0 Å². The first kappa shape index (κ1) is 14.6. The smallest absolute Gasteiger partial charge is 0.263 e. The molecular formula is C17H16N2O2S. The van der Waals surface area contributed by atoms with Crippen LogP contribution in [0.1, 0.15) is 24.5 Å². The summed E-state index contributed by atoms with van der Waals surface area (Å²) in [6.07, 6.45) is 1.66. The predicted molar refractivity (Wildman–Crippen MR) is 85.0 cm³/mol. The molecule has 0 bridgehead atoms. The van der Waals surface area contributed by atoms with E-state index in [2.05, 4.69) is 0 Å². The van der Waals surface area contributed by atoms with E-state index in [1.165, 1.54) is 10.4 Å². The van der Waals surface area contributed by atoms with Crippen molar-refractivity contribution in [2.45, 2.75) is 30.7 Å². The normalized spacial score (nSPS) is 17.6.